The number of aromatic nitrogens is 2. The predicted molar refractivity (Wildman–Crippen MR) is 166 cm³/mol. The molecule has 4 aromatic rings. The molecule has 0 radical (unpaired) electrons. The standard InChI is InChI=1S/C30H29BrClN5OS/c1-17(2)29(38)34-25-13-12-22(16-24(25)32)37-28(27(35-30(37)39)26-7-5-6-14-33-26)23-15-18(3)36(19(23)4)21-10-8-20(31)9-11-21/h5-17,27-28H,1-4H3,(H,34,38)(H,35,39)/t27-,28-/m0/s1. The molecule has 2 atom stereocenters. The van der Waals surface area contributed by atoms with Crippen LogP contribution in [0.25, 0.3) is 5.69 Å². The molecule has 2 aromatic heterocycles. The van der Waals surface area contributed by atoms with Gasteiger partial charge in [0.1, 0.15) is 0 Å². The number of carbonyl (C=O) groups is 1. The lowest BCUT2D eigenvalue weighted by Gasteiger charge is -2.28. The van der Waals surface area contributed by atoms with E-state index in [0.29, 0.717) is 15.8 Å². The van der Waals surface area contributed by atoms with Crippen LogP contribution in [0.15, 0.2) is 77.4 Å². The van der Waals surface area contributed by atoms with Crippen LogP contribution in [0.1, 0.15) is 48.6 Å². The zero-order valence-corrected chi connectivity index (χ0v) is 25.2. The van der Waals surface area contributed by atoms with E-state index in [4.69, 9.17) is 23.8 Å². The van der Waals surface area contributed by atoms with Crippen molar-refractivity contribution in [2.75, 3.05) is 10.2 Å². The van der Waals surface area contributed by atoms with E-state index in [1.54, 1.807) is 6.20 Å². The average Bonchev–Trinajstić information content (AvgIpc) is 3.41. The van der Waals surface area contributed by atoms with Gasteiger partial charge < -0.3 is 20.1 Å². The van der Waals surface area contributed by atoms with Gasteiger partial charge in [-0.2, -0.15) is 0 Å². The Morgan fingerprint density at radius 1 is 1.08 bits per heavy atom. The lowest BCUT2D eigenvalue weighted by atomic mass is 9.96. The van der Waals surface area contributed by atoms with Gasteiger partial charge in [-0.15, -0.1) is 0 Å². The normalized spacial score (nSPS) is 17.0. The Hall–Kier alpha value is -3.20. The van der Waals surface area contributed by atoms with Crippen LogP contribution in [0.4, 0.5) is 11.4 Å². The van der Waals surface area contributed by atoms with Crippen LogP contribution in [0.2, 0.25) is 5.02 Å². The molecule has 200 valence electrons. The van der Waals surface area contributed by atoms with Crippen LogP contribution < -0.4 is 15.5 Å². The maximum atomic E-state index is 12.3. The summed E-state index contributed by atoms with van der Waals surface area (Å²) in [5.74, 6) is -0.239. The molecule has 9 heteroatoms. The van der Waals surface area contributed by atoms with E-state index in [9.17, 15) is 4.79 Å². The molecule has 39 heavy (non-hydrogen) atoms. The van der Waals surface area contributed by atoms with E-state index in [1.165, 1.54) is 0 Å². The van der Waals surface area contributed by atoms with Crippen LogP contribution in [0.5, 0.6) is 0 Å². The number of halogens is 2. The highest BCUT2D eigenvalue weighted by Crippen LogP contribution is 2.44. The van der Waals surface area contributed by atoms with Gasteiger partial charge in [-0.3, -0.25) is 9.78 Å². The molecule has 0 saturated carbocycles. The molecule has 3 heterocycles. The fraction of sp³-hybridized carbons (Fsp3) is 0.233. The van der Waals surface area contributed by atoms with Gasteiger partial charge in [0.05, 0.1) is 28.5 Å². The number of rotatable bonds is 6. The summed E-state index contributed by atoms with van der Waals surface area (Å²) in [5.41, 5.74) is 6.75. The Bertz CT molecular complexity index is 1540. The monoisotopic (exact) mass is 621 g/mol. The summed E-state index contributed by atoms with van der Waals surface area (Å²) in [6, 6.07) is 21.7. The van der Waals surface area contributed by atoms with Gasteiger partial charge in [0, 0.05) is 39.4 Å². The van der Waals surface area contributed by atoms with Gasteiger partial charge in [-0.25, -0.2) is 0 Å². The van der Waals surface area contributed by atoms with Crippen LogP contribution >= 0.6 is 39.7 Å². The van der Waals surface area contributed by atoms with E-state index in [1.807, 2.05) is 62.4 Å². The lowest BCUT2D eigenvalue weighted by Crippen LogP contribution is -2.29. The third kappa shape index (κ3) is 5.33. The van der Waals surface area contributed by atoms with E-state index >= 15 is 0 Å². The van der Waals surface area contributed by atoms with Gasteiger partial charge in [-0.05, 0) is 92.3 Å². The number of nitrogens with zero attached hydrogens (tertiary/aromatic N) is 3. The van der Waals surface area contributed by atoms with E-state index < -0.39 is 0 Å². The summed E-state index contributed by atoms with van der Waals surface area (Å²) in [6.45, 7) is 7.94. The van der Waals surface area contributed by atoms with E-state index in [2.05, 4.69) is 73.1 Å². The van der Waals surface area contributed by atoms with Gasteiger partial charge >= 0.3 is 0 Å². The Morgan fingerprint density at radius 3 is 2.44 bits per heavy atom. The number of nitrogens with one attached hydrogen (secondary N) is 2. The minimum absolute atomic E-state index is 0.0866. The summed E-state index contributed by atoms with van der Waals surface area (Å²) in [5, 5.41) is 7.45. The first-order chi connectivity index (χ1) is 18.7. The van der Waals surface area contributed by atoms with E-state index in [0.717, 1.165) is 38.5 Å². The van der Waals surface area contributed by atoms with Crippen molar-refractivity contribution in [1.82, 2.24) is 14.9 Å². The molecule has 2 N–H and O–H groups in total. The summed E-state index contributed by atoms with van der Waals surface area (Å²) in [6.07, 6.45) is 1.80. The second kappa shape index (κ2) is 11.1. The quantitative estimate of drug-likeness (QED) is 0.216. The first-order valence-corrected chi connectivity index (χ1v) is 14.3. The van der Waals surface area contributed by atoms with Crippen LogP contribution in [-0.4, -0.2) is 20.6 Å². The summed E-state index contributed by atoms with van der Waals surface area (Å²) in [7, 11) is 0. The maximum absolute atomic E-state index is 12.3. The van der Waals surface area contributed by atoms with Gasteiger partial charge in [0.25, 0.3) is 0 Å². The molecule has 1 fully saturated rings. The molecule has 6 nitrogen and oxygen atoms in total. The molecule has 1 amide bonds. The molecule has 1 saturated heterocycles. The second-order valence-corrected chi connectivity index (χ2v) is 11.7. The molecule has 0 aliphatic carbocycles. The number of benzene rings is 2. The summed E-state index contributed by atoms with van der Waals surface area (Å²) < 4.78 is 3.29. The van der Waals surface area contributed by atoms with Crippen LogP contribution in [-0.2, 0) is 4.79 Å². The molecule has 1 aliphatic heterocycles. The molecule has 0 unspecified atom stereocenters. The zero-order chi connectivity index (χ0) is 27.8. The molecule has 5 rings (SSSR count). The van der Waals surface area contributed by atoms with Crippen molar-refractivity contribution in [1.29, 1.82) is 0 Å². The van der Waals surface area contributed by atoms with Gasteiger partial charge in [0.15, 0.2) is 5.11 Å². The van der Waals surface area contributed by atoms with E-state index in [-0.39, 0.29) is 23.9 Å². The number of hydrogen-bond donors (Lipinski definition) is 2. The highest BCUT2D eigenvalue weighted by atomic mass is 79.9. The van der Waals surface area contributed by atoms with Crippen molar-refractivity contribution in [3.05, 3.63) is 105 Å². The Balaban J connectivity index is 1.61. The van der Waals surface area contributed by atoms with Crippen molar-refractivity contribution in [2.24, 2.45) is 5.92 Å². The Morgan fingerprint density at radius 2 is 1.79 bits per heavy atom. The smallest absolute Gasteiger partial charge is 0.226 e. The predicted octanol–water partition coefficient (Wildman–Crippen LogP) is 7.68. The third-order valence-corrected chi connectivity index (χ3v) is 8.14. The fourth-order valence-electron chi connectivity index (χ4n) is 5.06. The molecular formula is C30H29BrClN5OS. The first-order valence-electron chi connectivity index (χ1n) is 12.7. The number of thiocarbonyl (C=S) groups is 1. The average molecular weight is 623 g/mol. The number of hydrogen-bond acceptors (Lipinski definition) is 3. The van der Waals surface area contributed by atoms with Crippen molar-refractivity contribution >= 4 is 62.1 Å². The number of anilines is 2. The molecular weight excluding hydrogens is 594 g/mol. The Kier molecular flexibility index (Phi) is 7.80. The minimum atomic E-state index is -0.185. The first kappa shape index (κ1) is 27.4. The van der Waals surface area contributed by atoms with Crippen LogP contribution in [0, 0.1) is 19.8 Å². The SMILES string of the molecule is Cc1cc([C@H]2[C@H](c3ccccn3)NC(=S)N2c2ccc(NC(=O)C(C)C)c(Cl)c2)c(C)n1-c1ccc(Br)cc1. The molecule has 0 spiro atoms. The highest BCUT2D eigenvalue weighted by Gasteiger charge is 2.42. The van der Waals surface area contributed by atoms with Crippen molar-refractivity contribution < 1.29 is 4.79 Å². The van der Waals surface area contributed by atoms with Crippen molar-refractivity contribution in [2.45, 2.75) is 39.8 Å². The lowest BCUT2D eigenvalue weighted by molar-refractivity contribution is -0.118. The largest absolute Gasteiger partial charge is 0.351 e. The van der Waals surface area contributed by atoms with Crippen molar-refractivity contribution in [3.8, 4) is 5.69 Å². The third-order valence-electron chi connectivity index (χ3n) is 6.98. The topological polar surface area (TPSA) is 62.2 Å². The molecule has 2 aromatic carbocycles. The van der Waals surface area contributed by atoms with Gasteiger partial charge in [0.2, 0.25) is 5.91 Å². The molecule has 0 bridgehead atoms. The zero-order valence-electron chi connectivity index (χ0n) is 22.1. The number of pyridine rings is 1. The van der Waals surface area contributed by atoms with Crippen LogP contribution in [0.3, 0.4) is 0 Å². The number of carbonyl (C=O) groups excluding carboxylic acids is 1. The maximum Gasteiger partial charge on any atom is 0.226 e. The second-order valence-electron chi connectivity index (χ2n) is 9.94. The van der Waals surface area contributed by atoms with Crippen molar-refractivity contribution in [3.63, 3.8) is 0 Å². The van der Waals surface area contributed by atoms with Gasteiger partial charge in [-0.1, -0.05) is 47.4 Å². The summed E-state index contributed by atoms with van der Waals surface area (Å²) in [4.78, 5) is 19.1. The Labute approximate surface area is 247 Å². The number of amides is 1. The minimum Gasteiger partial charge on any atom is -0.351 e. The highest BCUT2D eigenvalue weighted by molar-refractivity contribution is 9.10. The summed E-state index contributed by atoms with van der Waals surface area (Å²) >= 11 is 16.1. The molecule has 1 aliphatic rings. The number of aryl methyl sites for hydroxylation is 1. The fourth-order valence-corrected chi connectivity index (χ4v) is 5.89.